The molecule has 3 N–H and O–H groups in total. The van der Waals surface area contributed by atoms with Crippen molar-refractivity contribution in [3.05, 3.63) is 72.6 Å². The Bertz CT molecular complexity index is 1260. The van der Waals surface area contributed by atoms with Gasteiger partial charge in [-0.1, -0.05) is 24.3 Å². The number of anilines is 3. The summed E-state index contributed by atoms with van der Waals surface area (Å²) in [7, 11) is 0. The van der Waals surface area contributed by atoms with E-state index >= 15 is 0 Å². The van der Waals surface area contributed by atoms with Crippen molar-refractivity contribution < 1.29 is 4.74 Å². The summed E-state index contributed by atoms with van der Waals surface area (Å²) in [6.07, 6.45) is 4.81. The fourth-order valence-corrected chi connectivity index (χ4v) is 4.24. The van der Waals surface area contributed by atoms with Gasteiger partial charge in [-0.3, -0.25) is 9.58 Å². The van der Waals surface area contributed by atoms with Crippen LogP contribution in [0.1, 0.15) is 12.5 Å². The maximum atomic E-state index is 5.88. The molecular weight excluding hydrogens is 438 g/mol. The molecular formula is C27H31N7O. The number of morpholine rings is 1. The molecule has 3 heterocycles. The summed E-state index contributed by atoms with van der Waals surface area (Å²) in [5.74, 6) is 0.556. The van der Waals surface area contributed by atoms with Crippen LogP contribution in [-0.4, -0.2) is 57.5 Å². The standard InChI is InChI=1S/C27H31N7O/c1-2-34-19-24(26(32-34)21-6-8-22(28)9-7-21)25-10-12-29-27(31-25)30-23-5-3-4-20(18-23)11-13-33-14-16-35-17-15-33/h3-10,12,18-19H,2,11,13-17,28H2,1H3,(H,29,30,31). The molecule has 0 bridgehead atoms. The monoisotopic (exact) mass is 469 g/mol. The van der Waals surface area contributed by atoms with Crippen LogP contribution >= 0.6 is 0 Å². The van der Waals surface area contributed by atoms with E-state index < -0.39 is 0 Å². The van der Waals surface area contributed by atoms with Crippen LogP contribution in [0, 0.1) is 0 Å². The number of benzene rings is 2. The highest BCUT2D eigenvalue weighted by molar-refractivity contribution is 5.79. The smallest absolute Gasteiger partial charge is 0.227 e. The Labute approximate surface area is 205 Å². The van der Waals surface area contributed by atoms with Gasteiger partial charge in [0.1, 0.15) is 5.69 Å². The first-order chi connectivity index (χ1) is 17.2. The van der Waals surface area contributed by atoms with E-state index in [4.69, 9.17) is 20.6 Å². The average molecular weight is 470 g/mol. The zero-order valence-electron chi connectivity index (χ0n) is 20.0. The van der Waals surface area contributed by atoms with Gasteiger partial charge in [-0.25, -0.2) is 9.97 Å². The van der Waals surface area contributed by atoms with Gasteiger partial charge in [0.15, 0.2) is 0 Å². The van der Waals surface area contributed by atoms with E-state index in [9.17, 15) is 0 Å². The van der Waals surface area contributed by atoms with Crippen molar-refractivity contribution in [3.63, 3.8) is 0 Å². The molecule has 1 aliphatic heterocycles. The van der Waals surface area contributed by atoms with Gasteiger partial charge in [0.05, 0.1) is 18.9 Å². The number of hydrogen-bond donors (Lipinski definition) is 2. The number of nitrogens with two attached hydrogens (primary N) is 1. The topological polar surface area (TPSA) is 94.1 Å². The van der Waals surface area contributed by atoms with Crippen LogP contribution in [0.2, 0.25) is 0 Å². The van der Waals surface area contributed by atoms with E-state index in [1.165, 1.54) is 5.56 Å². The fourth-order valence-electron chi connectivity index (χ4n) is 4.24. The van der Waals surface area contributed by atoms with Gasteiger partial charge in [0, 0.05) is 61.1 Å². The van der Waals surface area contributed by atoms with Crippen LogP contribution in [0.15, 0.2) is 67.0 Å². The number of hydrogen-bond acceptors (Lipinski definition) is 7. The highest BCUT2D eigenvalue weighted by Gasteiger charge is 2.15. The van der Waals surface area contributed by atoms with Gasteiger partial charge >= 0.3 is 0 Å². The molecule has 8 nitrogen and oxygen atoms in total. The normalized spacial score (nSPS) is 14.2. The Kier molecular flexibility index (Phi) is 7.02. The second-order valence-electron chi connectivity index (χ2n) is 8.66. The summed E-state index contributed by atoms with van der Waals surface area (Å²) >= 11 is 0. The molecule has 35 heavy (non-hydrogen) atoms. The average Bonchev–Trinajstić information content (AvgIpc) is 3.34. The Hall–Kier alpha value is -3.75. The molecule has 1 fully saturated rings. The zero-order valence-corrected chi connectivity index (χ0v) is 20.0. The third-order valence-electron chi connectivity index (χ3n) is 6.20. The Morgan fingerprint density at radius 2 is 1.89 bits per heavy atom. The SMILES string of the molecule is CCn1cc(-c2ccnc(Nc3cccc(CCN4CCOCC4)c3)n2)c(-c2ccc(N)cc2)n1. The number of nitrogens with one attached hydrogen (secondary N) is 1. The van der Waals surface area contributed by atoms with E-state index in [1.807, 2.05) is 47.3 Å². The molecule has 0 atom stereocenters. The van der Waals surface area contributed by atoms with Crippen LogP contribution in [0.25, 0.3) is 22.5 Å². The van der Waals surface area contributed by atoms with Crippen LogP contribution in [0.5, 0.6) is 0 Å². The van der Waals surface area contributed by atoms with Crippen molar-refractivity contribution in [2.45, 2.75) is 19.9 Å². The molecule has 4 aromatic rings. The molecule has 1 aliphatic rings. The number of rotatable bonds is 8. The highest BCUT2D eigenvalue weighted by atomic mass is 16.5. The molecule has 1 saturated heterocycles. The lowest BCUT2D eigenvalue weighted by molar-refractivity contribution is 0.0384. The second kappa shape index (κ2) is 10.7. The quantitative estimate of drug-likeness (QED) is 0.373. The van der Waals surface area contributed by atoms with Gasteiger partial charge in [-0.15, -0.1) is 0 Å². The number of aryl methyl sites for hydroxylation is 1. The number of aromatic nitrogens is 4. The first-order valence-corrected chi connectivity index (χ1v) is 12.1. The van der Waals surface area contributed by atoms with Crippen molar-refractivity contribution in [2.24, 2.45) is 0 Å². The summed E-state index contributed by atoms with van der Waals surface area (Å²) in [5.41, 5.74) is 12.5. The van der Waals surface area contributed by atoms with Crippen molar-refractivity contribution in [2.75, 3.05) is 43.9 Å². The molecule has 0 unspecified atom stereocenters. The molecule has 8 heteroatoms. The fraction of sp³-hybridized carbons (Fsp3) is 0.296. The first-order valence-electron chi connectivity index (χ1n) is 12.1. The summed E-state index contributed by atoms with van der Waals surface area (Å²) in [6.45, 7) is 7.54. The van der Waals surface area contributed by atoms with E-state index in [2.05, 4.69) is 40.3 Å². The van der Waals surface area contributed by atoms with Gasteiger partial charge in [-0.05, 0) is 49.2 Å². The first kappa shape index (κ1) is 23.0. The zero-order chi connectivity index (χ0) is 24.0. The predicted octanol–water partition coefficient (Wildman–Crippen LogP) is 4.23. The lowest BCUT2D eigenvalue weighted by atomic mass is 10.1. The van der Waals surface area contributed by atoms with Crippen molar-refractivity contribution >= 4 is 17.3 Å². The Morgan fingerprint density at radius 1 is 1.06 bits per heavy atom. The lowest BCUT2D eigenvalue weighted by Gasteiger charge is -2.26. The van der Waals surface area contributed by atoms with E-state index in [-0.39, 0.29) is 0 Å². The van der Waals surface area contributed by atoms with Gasteiger partial charge < -0.3 is 15.8 Å². The molecule has 180 valence electrons. The minimum absolute atomic E-state index is 0.556. The molecule has 0 aliphatic carbocycles. The van der Waals surface area contributed by atoms with Gasteiger partial charge in [0.2, 0.25) is 5.95 Å². The molecule has 5 rings (SSSR count). The Morgan fingerprint density at radius 3 is 2.69 bits per heavy atom. The van der Waals surface area contributed by atoms with E-state index in [0.29, 0.717) is 5.95 Å². The minimum atomic E-state index is 0.556. The second-order valence-corrected chi connectivity index (χ2v) is 8.66. The number of nitrogen functional groups attached to an aromatic ring is 1. The maximum absolute atomic E-state index is 5.88. The Balaban J connectivity index is 1.35. The van der Waals surface area contributed by atoms with Crippen LogP contribution in [0.4, 0.5) is 17.3 Å². The van der Waals surface area contributed by atoms with E-state index in [0.717, 1.165) is 79.7 Å². The summed E-state index contributed by atoms with van der Waals surface area (Å²) < 4.78 is 7.37. The summed E-state index contributed by atoms with van der Waals surface area (Å²) in [6, 6.07) is 18.1. The number of ether oxygens (including phenoxy) is 1. The largest absolute Gasteiger partial charge is 0.399 e. The van der Waals surface area contributed by atoms with Gasteiger partial charge in [0.25, 0.3) is 0 Å². The van der Waals surface area contributed by atoms with Crippen LogP contribution in [-0.2, 0) is 17.7 Å². The van der Waals surface area contributed by atoms with Crippen molar-refractivity contribution in [1.29, 1.82) is 0 Å². The molecule has 2 aromatic carbocycles. The van der Waals surface area contributed by atoms with Crippen molar-refractivity contribution in [3.8, 4) is 22.5 Å². The lowest BCUT2D eigenvalue weighted by Crippen LogP contribution is -2.37. The number of nitrogens with zero attached hydrogens (tertiary/aromatic N) is 5. The molecule has 2 aromatic heterocycles. The minimum Gasteiger partial charge on any atom is -0.399 e. The third kappa shape index (κ3) is 5.67. The van der Waals surface area contributed by atoms with Gasteiger partial charge in [-0.2, -0.15) is 5.10 Å². The molecule has 0 radical (unpaired) electrons. The predicted molar refractivity (Wildman–Crippen MR) is 139 cm³/mol. The summed E-state index contributed by atoms with van der Waals surface area (Å²) in [5, 5.41) is 8.15. The highest BCUT2D eigenvalue weighted by Crippen LogP contribution is 2.31. The van der Waals surface area contributed by atoms with Crippen molar-refractivity contribution in [1.82, 2.24) is 24.6 Å². The van der Waals surface area contributed by atoms with E-state index in [1.54, 1.807) is 6.20 Å². The third-order valence-corrected chi connectivity index (χ3v) is 6.20. The van der Waals surface area contributed by atoms with Crippen LogP contribution in [0.3, 0.4) is 0 Å². The molecule has 0 amide bonds. The van der Waals surface area contributed by atoms with Crippen LogP contribution < -0.4 is 11.1 Å². The molecule has 0 saturated carbocycles. The maximum Gasteiger partial charge on any atom is 0.227 e. The molecule has 0 spiro atoms. The summed E-state index contributed by atoms with van der Waals surface area (Å²) in [4.78, 5) is 11.7.